The van der Waals surface area contributed by atoms with E-state index in [-0.39, 0.29) is 12.5 Å². The van der Waals surface area contributed by atoms with E-state index in [0.29, 0.717) is 22.2 Å². The smallest absolute Gasteiger partial charge is 0.224 e. The van der Waals surface area contributed by atoms with Gasteiger partial charge < -0.3 is 16.2 Å². The van der Waals surface area contributed by atoms with Gasteiger partial charge in [0.25, 0.3) is 0 Å². The zero-order valence-electron chi connectivity index (χ0n) is 13.0. The Morgan fingerprint density at radius 3 is 2.83 bits per heavy atom. The molecular weight excluding hydrogens is 328 g/mol. The van der Waals surface area contributed by atoms with Crippen LogP contribution in [0.15, 0.2) is 48.8 Å². The van der Waals surface area contributed by atoms with Crippen molar-refractivity contribution in [1.29, 1.82) is 0 Å². The van der Waals surface area contributed by atoms with Crippen LogP contribution in [-0.2, 0) is 5.60 Å². The number of hydrogen-bond donors (Lipinski definition) is 3. The van der Waals surface area contributed by atoms with E-state index in [4.69, 9.17) is 17.3 Å². The number of rotatable bonds is 5. The quantitative estimate of drug-likeness (QED) is 0.656. The number of halogens is 1. The molecule has 2 heterocycles. The van der Waals surface area contributed by atoms with E-state index >= 15 is 0 Å². The number of nitrogens with two attached hydrogens (primary N) is 1. The molecule has 0 spiro atoms. The molecule has 2 aromatic heterocycles. The maximum Gasteiger partial charge on any atom is 0.224 e. The second-order valence-electron chi connectivity index (χ2n) is 5.56. The van der Waals surface area contributed by atoms with Crippen molar-refractivity contribution in [2.24, 2.45) is 0 Å². The number of nitrogen functional groups attached to an aromatic ring is 1. The van der Waals surface area contributed by atoms with E-state index < -0.39 is 5.60 Å². The van der Waals surface area contributed by atoms with Crippen LogP contribution in [0.1, 0.15) is 12.5 Å². The van der Waals surface area contributed by atoms with Gasteiger partial charge in [-0.15, -0.1) is 0 Å². The summed E-state index contributed by atoms with van der Waals surface area (Å²) in [5, 5.41) is 18.4. The Labute approximate surface area is 144 Å². The maximum absolute atomic E-state index is 10.7. The summed E-state index contributed by atoms with van der Waals surface area (Å²) in [7, 11) is 0. The summed E-state index contributed by atoms with van der Waals surface area (Å²) in [5.41, 5.74) is 5.33. The third kappa shape index (κ3) is 3.64. The highest BCUT2D eigenvalue weighted by atomic mass is 35.5. The molecule has 1 unspecified atom stereocenters. The highest BCUT2D eigenvalue weighted by Crippen LogP contribution is 2.24. The third-order valence-corrected chi connectivity index (χ3v) is 3.76. The fourth-order valence-corrected chi connectivity index (χ4v) is 2.44. The van der Waals surface area contributed by atoms with Crippen molar-refractivity contribution in [2.75, 3.05) is 17.6 Å². The van der Waals surface area contributed by atoms with Crippen LogP contribution in [0.4, 0.5) is 11.8 Å². The molecule has 124 valence electrons. The zero-order chi connectivity index (χ0) is 17.2. The van der Waals surface area contributed by atoms with Crippen molar-refractivity contribution < 1.29 is 5.11 Å². The topological polar surface area (TPSA) is 102 Å². The number of benzene rings is 1. The highest BCUT2D eigenvalue weighted by molar-refractivity contribution is 6.30. The van der Waals surface area contributed by atoms with Gasteiger partial charge in [-0.2, -0.15) is 15.1 Å². The van der Waals surface area contributed by atoms with Gasteiger partial charge in [0, 0.05) is 30.0 Å². The molecule has 1 aromatic carbocycles. The Morgan fingerprint density at radius 2 is 2.12 bits per heavy atom. The van der Waals surface area contributed by atoms with Crippen LogP contribution in [0.5, 0.6) is 0 Å². The van der Waals surface area contributed by atoms with Gasteiger partial charge in [0.2, 0.25) is 5.95 Å². The summed E-state index contributed by atoms with van der Waals surface area (Å²) in [4.78, 5) is 8.27. The Balaban J connectivity index is 1.79. The standard InChI is InChI=1S/C16H17ClN6O/c1-16(24,11-4-2-5-12(17)8-11)10-19-13-9-14(22-15(18)21-13)23-7-3-6-20-23/h2-9,24H,10H2,1H3,(H3,18,19,21,22). The summed E-state index contributed by atoms with van der Waals surface area (Å²) in [5.74, 6) is 1.15. The normalized spacial score (nSPS) is 13.5. The van der Waals surface area contributed by atoms with Gasteiger partial charge in [0.1, 0.15) is 11.4 Å². The van der Waals surface area contributed by atoms with Gasteiger partial charge >= 0.3 is 0 Å². The molecule has 0 aliphatic heterocycles. The Hall–Kier alpha value is -2.64. The van der Waals surface area contributed by atoms with Gasteiger partial charge in [-0.3, -0.25) is 0 Å². The first-order valence-electron chi connectivity index (χ1n) is 7.31. The SMILES string of the molecule is CC(O)(CNc1cc(-n2cccn2)nc(N)n1)c1cccc(Cl)c1. The minimum Gasteiger partial charge on any atom is -0.384 e. The summed E-state index contributed by atoms with van der Waals surface area (Å²) in [6, 6.07) is 10.6. The molecule has 0 radical (unpaired) electrons. The number of anilines is 2. The Morgan fingerprint density at radius 1 is 1.29 bits per heavy atom. The molecule has 0 saturated carbocycles. The number of aliphatic hydroxyl groups is 1. The molecule has 8 heteroatoms. The van der Waals surface area contributed by atoms with Crippen LogP contribution in [0.3, 0.4) is 0 Å². The molecule has 7 nitrogen and oxygen atoms in total. The molecule has 0 saturated heterocycles. The fraction of sp³-hybridized carbons (Fsp3) is 0.188. The minimum absolute atomic E-state index is 0.118. The van der Waals surface area contributed by atoms with Crippen molar-refractivity contribution in [2.45, 2.75) is 12.5 Å². The van der Waals surface area contributed by atoms with E-state index in [2.05, 4.69) is 20.4 Å². The predicted molar refractivity (Wildman–Crippen MR) is 93.1 cm³/mol. The molecule has 3 aromatic rings. The second-order valence-corrected chi connectivity index (χ2v) is 5.99. The second kappa shape index (κ2) is 6.46. The lowest BCUT2D eigenvalue weighted by atomic mass is 9.96. The predicted octanol–water partition coefficient (Wildman–Crippen LogP) is 2.22. The van der Waals surface area contributed by atoms with Crippen molar-refractivity contribution >= 4 is 23.4 Å². The van der Waals surface area contributed by atoms with Crippen molar-refractivity contribution in [3.8, 4) is 5.82 Å². The molecule has 3 rings (SSSR count). The van der Waals surface area contributed by atoms with Gasteiger partial charge in [-0.25, -0.2) is 4.68 Å². The molecule has 4 N–H and O–H groups in total. The summed E-state index contributed by atoms with van der Waals surface area (Å²) < 4.78 is 1.58. The van der Waals surface area contributed by atoms with Crippen LogP contribution < -0.4 is 11.1 Å². The number of aromatic nitrogens is 4. The van der Waals surface area contributed by atoms with Gasteiger partial charge in [0.15, 0.2) is 5.82 Å². The van der Waals surface area contributed by atoms with Crippen LogP contribution >= 0.6 is 11.6 Å². The molecular formula is C16H17ClN6O. The van der Waals surface area contributed by atoms with E-state index in [1.54, 1.807) is 54.3 Å². The lowest BCUT2D eigenvalue weighted by Crippen LogP contribution is -2.31. The summed E-state index contributed by atoms with van der Waals surface area (Å²) in [6.45, 7) is 1.92. The number of hydrogen-bond acceptors (Lipinski definition) is 6. The average Bonchev–Trinajstić information content (AvgIpc) is 3.07. The van der Waals surface area contributed by atoms with Crippen LogP contribution in [0.2, 0.25) is 5.02 Å². The van der Waals surface area contributed by atoms with E-state index in [0.717, 1.165) is 0 Å². The molecule has 0 aliphatic carbocycles. The largest absolute Gasteiger partial charge is 0.384 e. The summed E-state index contributed by atoms with van der Waals surface area (Å²) in [6.07, 6.45) is 3.41. The van der Waals surface area contributed by atoms with Crippen LogP contribution in [0, 0.1) is 0 Å². The average molecular weight is 345 g/mol. The minimum atomic E-state index is -1.13. The van der Waals surface area contributed by atoms with Crippen molar-refractivity contribution in [3.05, 3.63) is 59.4 Å². The summed E-state index contributed by atoms with van der Waals surface area (Å²) >= 11 is 5.99. The molecule has 1 atom stereocenters. The van der Waals surface area contributed by atoms with E-state index in [9.17, 15) is 5.11 Å². The molecule has 0 amide bonds. The lowest BCUT2D eigenvalue weighted by molar-refractivity contribution is 0.0714. The third-order valence-electron chi connectivity index (χ3n) is 3.53. The monoisotopic (exact) mass is 344 g/mol. The molecule has 0 bridgehead atoms. The molecule has 0 fully saturated rings. The molecule has 24 heavy (non-hydrogen) atoms. The first kappa shape index (κ1) is 16.2. The lowest BCUT2D eigenvalue weighted by Gasteiger charge is -2.24. The molecule has 0 aliphatic rings. The first-order chi connectivity index (χ1) is 11.4. The van der Waals surface area contributed by atoms with E-state index in [1.165, 1.54) is 0 Å². The Kier molecular flexibility index (Phi) is 4.37. The Bertz CT molecular complexity index is 834. The first-order valence-corrected chi connectivity index (χ1v) is 7.69. The van der Waals surface area contributed by atoms with Gasteiger partial charge in [0.05, 0.1) is 0 Å². The van der Waals surface area contributed by atoms with Crippen molar-refractivity contribution in [3.63, 3.8) is 0 Å². The number of nitrogens with one attached hydrogen (secondary N) is 1. The number of nitrogens with zero attached hydrogens (tertiary/aromatic N) is 4. The van der Waals surface area contributed by atoms with Crippen LogP contribution in [0.25, 0.3) is 5.82 Å². The van der Waals surface area contributed by atoms with Gasteiger partial charge in [-0.05, 0) is 30.7 Å². The van der Waals surface area contributed by atoms with E-state index in [1.807, 2.05) is 6.07 Å². The maximum atomic E-state index is 10.7. The van der Waals surface area contributed by atoms with Crippen molar-refractivity contribution in [1.82, 2.24) is 19.7 Å². The van der Waals surface area contributed by atoms with Gasteiger partial charge in [-0.1, -0.05) is 23.7 Å². The highest BCUT2D eigenvalue weighted by Gasteiger charge is 2.23. The van der Waals surface area contributed by atoms with Crippen LogP contribution in [-0.4, -0.2) is 31.4 Å². The fourth-order valence-electron chi connectivity index (χ4n) is 2.25. The zero-order valence-corrected chi connectivity index (χ0v) is 13.8.